The Kier molecular flexibility index (Phi) is 14.2. The van der Waals surface area contributed by atoms with Crippen molar-refractivity contribution in [2.45, 2.75) is 115 Å². The van der Waals surface area contributed by atoms with Gasteiger partial charge in [-0.25, -0.2) is 13.6 Å². The average molecular weight is 1150 g/mol. The van der Waals surface area contributed by atoms with Gasteiger partial charge in [0.05, 0.1) is 29.1 Å². The summed E-state index contributed by atoms with van der Waals surface area (Å²) >= 11 is 6.63. The molecule has 5 saturated heterocycles. The van der Waals surface area contributed by atoms with E-state index in [9.17, 15) is 19.2 Å². The van der Waals surface area contributed by atoms with Crippen LogP contribution in [0.1, 0.15) is 101 Å². The first kappa shape index (κ1) is 54.8. The maximum Gasteiger partial charge on any atom is 0.410 e. The lowest BCUT2D eigenvalue weighted by Crippen LogP contribution is -2.57. The number of imide groups is 1. The lowest BCUT2D eigenvalue weighted by molar-refractivity contribution is -0.136. The second kappa shape index (κ2) is 21.3. The fourth-order valence-electron chi connectivity index (χ4n) is 14.4. The molecule has 6 aliphatic heterocycles. The molecule has 7 fully saturated rings. The van der Waals surface area contributed by atoms with E-state index in [-0.39, 0.29) is 81.8 Å². The SMILES string of the molecule is COCOc1cc(-c2ncc3c(N4CC5CCC(C4)N5C(=O)OC(C)(C)C)nc(OCC4(CN5CCC6(CC5)CC(CN5CCN(c7ccc8c(c7)CN([C@H]7CCC(=O)NC7=O)C8=O)CC5)C6)CC4)nc3c2F)c2c(Cl)c(F)ccc2c1. The minimum Gasteiger partial charge on any atom is -0.468 e. The van der Waals surface area contributed by atoms with Crippen molar-refractivity contribution in [1.82, 2.24) is 39.9 Å². The number of aromatic nitrogens is 3. The molecular weight excluding hydrogens is 1070 g/mol. The van der Waals surface area contributed by atoms with Gasteiger partial charge >= 0.3 is 12.1 Å². The van der Waals surface area contributed by atoms with E-state index in [1.807, 2.05) is 37.8 Å². The maximum absolute atomic E-state index is 17.6. The molecule has 5 aromatic rings. The summed E-state index contributed by atoms with van der Waals surface area (Å²) in [5.74, 6) is -0.706. The predicted octanol–water partition coefficient (Wildman–Crippen LogP) is 8.58. The number of piperidine rings is 2. The molecule has 1 N–H and O–H groups in total. The van der Waals surface area contributed by atoms with Crippen LogP contribution in [0, 0.1) is 28.4 Å². The molecule has 21 heteroatoms. The van der Waals surface area contributed by atoms with E-state index >= 15 is 8.78 Å². The van der Waals surface area contributed by atoms with Gasteiger partial charge in [-0.15, -0.1) is 0 Å². The molecule has 3 aromatic carbocycles. The summed E-state index contributed by atoms with van der Waals surface area (Å²) in [6.45, 7) is 15.1. The zero-order valence-electron chi connectivity index (χ0n) is 47.1. The number of likely N-dealkylation sites (tertiary alicyclic amines) is 1. The number of ether oxygens (including phenoxy) is 4. The van der Waals surface area contributed by atoms with Crippen molar-refractivity contribution in [3.63, 3.8) is 0 Å². The Morgan fingerprint density at radius 3 is 2.32 bits per heavy atom. The van der Waals surface area contributed by atoms with Crippen molar-refractivity contribution < 1.29 is 46.9 Å². The van der Waals surface area contributed by atoms with Gasteiger partial charge in [-0.3, -0.25) is 34.5 Å². The number of pyridine rings is 1. The van der Waals surface area contributed by atoms with Gasteiger partial charge in [0, 0.05) is 106 Å². The first-order chi connectivity index (χ1) is 39.4. The van der Waals surface area contributed by atoms with Crippen LogP contribution < -0.4 is 24.6 Å². The number of fused-ring (bicyclic) bond motifs is 5. The minimum absolute atomic E-state index is 0.000427. The summed E-state index contributed by atoms with van der Waals surface area (Å²) in [5, 5.41) is 3.40. The lowest BCUT2D eigenvalue weighted by Gasteiger charge is -2.54. The van der Waals surface area contributed by atoms with Crippen molar-refractivity contribution in [3.8, 4) is 23.0 Å². The fraction of sp³-hybridized carbons (Fsp3) is 0.557. The topological polar surface area (TPSA) is 175 Å². The van der Waals surface area contributed by atoms with Gasteiger partial charge in [0.15, 0.2) is 12.6 Å². The third-order valence-corrected chi connectivity index (χ3v) is 19.1. The molecule has 0 radical (unpaired) electrons. The van der Waals surface area contributed by atoms with Crippen LogP contribution in [0.2, 0.25) is 5.02 Å². The quantitative estimate of drug-likeness (QED) is 0.0826. The third-order valence-electron chi connectivity index (χ3n) is 18.8. The molecule has 434 valence electrons. The number of nitrogens with one attached hydrogen (secondary N) is 1. The fourth-order valence-corrected chi connectivity index (χ4v) is 14.7. The van der Waals surface area contributed by atoms with E-state index < -0.39 is 29.2 Å². The third kappa shape index (κ3) is 10.5. The molecule has 13 rings (SSSR count). The van der Waals surface area contributed by atoms with Crippen LogP contribution in [0.25, 0.3) is 32.9 Å². The molecule has 2 aromatic heterocycles. The van der Waals surface area contributed by atoms with Crippen LogP contribution in [-0.4, -0.2) is 168 Å². The van der Waals surface area contributed by atoms with Gasteiger partial charge in [0.25, 0.3) is 5.91 Å². The van der Waals surface area contributed by atoms with Gasteiger partial charge in [-0.05, 0) is 150 Å². The Balaban J connectivity index is 0.653. The summed E-state index contributed by atoms with van der Waals surface area (Å²) in [4.78, 5) is 78.8. The van der Waals surface area contributed by atoms with Crippen LogP contribution in [0.3, 0.4) is 0 Å². The van der Waals surface area contributed by atoms with E-state index in [2.05, 4.69) is 36.0 Å². The maximum atomic E-state index is 17.6. The second-order valence-corrected chi connectivity index (χ2v) is 25.9. The van der Waals surface area contributed by atoms with Crippen molar-refractivity contribution in [2.24, 2.45) is 16.7 Å². The van der Waals surface area contributed by atoms with Crippen LogP contribution in [-0.2, 0) is 25.6 Å². The van der Waals surface area contributed by atoms with Crippen molar-refractivity contribution in [3.05, 3.63) is 76.4 Å². The smallest absolute Gasteiger partial charge is 0.410 e. The first-order valence-corrected chi connectivity index (χ1v) is 29.6. The number of methoxy groups -OCH3 is 1. The number of carbonyl (C=O) groups is 4. The van der Waals surface area contributed by atoms with Crippen LogP contribution in [0.4, 0.5) is 25.1 Å². The normalized spacial score (nSPS) is 23.6. The van der Waals surface area contributed by atoms with E-state index in [0.717, 1.165) is 89.3 Å². The van der Waals surface area contributed by atoms with E-state index in [1.54, 1.807) is 29.3 Å². The molecule has 3 atom stereocenters. The highest BCUT2D eigenvalue weighted by Crippen LogP contribution is 2.54. The number of hydrogen-bond acceptors (Lipinski definition) is 15. The van der Waals surface area contributed by atoms with Gasteiger partial charge in [-0.1, -0.05) is 17.7 Å². The average Bonchev–Trinajstić information content (AvgIpc) is 4.02. The minimum atomic E-state index is -0.744. The standard InChI is InChI=1S/C61H71ClF2N10O8/c1-59(2,3)82-58(78)74-40-6-7-41(74)32-72(31-40)54-45-28-65-52(44-25-42(81-35-79-4)24-37-5-10-46(63)50(62)49(37)44)51(64)53(45)67-57(68-54)80-34-61(13-14-61)33-70-17-15-60(16-18-70)26-36(27-60)29-69-19-21-71(22-20-69)39-8-9-43-38(23-39)30-73(56(43)77)47-11-12-48(75)66-55(47)76/h5,8-10,23-25,28,36,40-41,47H,6-7,11-22,26-27,29-35H2,1-4H3,(H,66,75,76)/t40?,41?,47-/m0/s1. The zero-order chi connectivity index (χ0) is 56.8. The van der Waals surface area contributed by atoms with E-state index in [1.165, 1.54) is 38.9 Å². The summed E-state index contributed by atoms with van der Waals surface area (Å²) in [6, 6.07) is 11.3. The molecule has 82 heavy (non-hydrogen) atoms. The number of benzene rings is 3. The summed E-state index contributed by atoms with van der Waals surface area (Å²) in [5.41, 5.74) is 2.48. The molecule has 2 aliphatic carbocycles. The second-order valence-electron chi connectivity index (χ2n) is 25.5. The molecule has 8 heterocycles. The molecule has 2 bridgehead atoms. The number of halogens is 3. The van der Waals surface area contributed by atoms with E-state index in [0.29, 0.717) is 71.9 Å². The van der Waals surface area contributed by atoms with Crippen molar-refractivity contribution >= 4 is 68.6 Å². The largest absolute Gasteiger partial charge is 0.468 e. The number of rotatable bonds is 14. The molecule has 18 nitrogen and oxygen atoms in total. The number of carbonyl (C=O) groups excluding carboxylic acids is 4. The Morgan fingerprint density at radius 1 is 0.854 bits per heavy atom. The Bertz CT molecular complexity index is 3360. The Labute approximate surface area is 480 Å². The number of piperazine rings is 2. The monoisotopic (exact) mass is 1140 g/mol. The van der Waals surface area contributed by atoms with Crippen molar-refractivity contribution in [2.75, 3.05) is 95.8 Å². The zero-order valence-corrected chi connectivity index (χ0v) is 47.9. The Hall–Kier alpha value is -6.48. The molecule has 2 saturated carbocycles. The number of hydrogen-bond donors (Lipinski definition) is 1. The summed E-state index contributed by atoms with van der Waals surface area (Å²) < 4.78 is 56.2. The van der Waals surface area contributed by atoms with Crippen LogP contribution >= 0.6 is 11.6 Å². The molecule has 1 spiro atoms. The highest BCUT2D eigenvalue weighted by Gasteiger charge is 2.50. The van der Waals surface area contributed by atoms with Gasteiger partial charge in [0.1, 0.15) is 40.2 Å². The molecule has 4 amide bonds. The number of anilines is 2. The van der Waals surface area contributed by atoms with Gasteiger partial charge < -0.3 is 38.5 Å². The summed E-state index contributed by atoms with van der Waals surface area (Å²) in [7, 11) is 1.50. The molecule has 8 aliphatic rings. The summed E-state index contributed by atoms with van der Waals surface area (Å²) in [6.07, 6.45) is 10.3. The van der Waals surface area contributed by atoms with Gasteiger partial charge in [-0.2, -0.15) is 9.97 Å². The van der Waals surface area contributed by atoms with E-state index in [4.69, 9.17) is 40.5 Å². The Morgan fingerprint density at radius 2 is 1.61 bits per heavy atom. The lowest BCUT2D eigenvalue weighted by atomic mass is 9.57. The molecular formula is C61H71ClF2N10O8. The van der Waals surface area contributed by atoms with Crippen molar-refractivity contribution in [1.29, 1.82) is 0 Å². The number of amides is 4. The van der Waals surface area contributed by atoms with Crippen LogP contribution in [0.15, 0.2) is 48.7 Å². The first-order valence-electron chi connectivity index (χ1n) is 29.2. The molecule has 2 unspecified atom stereocenters. The predicted molar refractivity (Wildman–Crippen MR) is 304 cm³/mol. The van der Waals surface area contributed by atoms with Crippen LogP contribution in [0.5, 0.6) is 11.8 Å². The number of nitrogens with zero attached hydrogens (tertiary/aromatic N) is 9. The van der Waals surface area contributed by atoms with Gasteiger partial charge in [0.2, 0.25) is 11.8 Å². The highest BCUT2D eigenvalue weighted by atomic mass is 35.5. The highest BCUT2D eigenvalue weighted by molar-refractivity contribution is 6.37.